The molecule has 0 spiro atoms. The Morgan fingerprint density at radius 2 is 1.65 bits per heavy atom. The van der Waals surface area contributed by atoms with Crippen molar-refractivity contribution in [3.63, 3.8) is 0 Å². The van der Waals surface area contributed by atoms with Gasteiger partial charge >= 0.3 is 5.97 Å². The van der Waals surface area contributed by atoms with Gasteiger partial charge < -0.3 is 5.11 Å². The number of carbonyl (C=O) groups is 1. The fourth-order valence-corrected chi connectivity index (χ4v) is 3.73. The van der Waals surface area contributed by atoms with Crippen LogP contribution in [-0.4, -0.2) is 17.3 Å². The number of aromatic carboxylic acids is 1. The highest BCUT2D eigenvalue weighted by Crippen LogP contribution is 2.39. The average molecular weight is 344 g/mol. The molecular formula is C18H13FO2S2. The fraction of sp³-hybridized carbons (Fsp3) is 0.0556. The predicted octanol–water partition coefficient (Wildman–Crippen LogP) is 5.64. The number of halogens is 1. The van der Waals surface area contributed by atoms with Crippen LogP contribution in [-0.2, 0) is 0 Å². The molecule has 1 aromatic heterocycles. The van der Waals surface area contributed by atoms with E-state index in [9.17, 15) is 14.3 Å². The van der Waals surface area contributed by atoms with E-state index in [0.717, 1.165) is 26.5 Å². The number of hydrogen-bond acceptors (Lipinski definition) is 3. The van der Waals surface area contributed by atoms with E-state index >= 15 is 0 Å². The summed E-state index contributed by atoms with van der Waals surface area (Å²) in [5.74, 6) is -1.26. The van der Waals surface area contributed by atoms with Crippen molar-refractivity contribution >= 4 is 29.1 Å². The molecule has 0 saturated heterocycles. The predicted molar refractivity (Wildman–Crippen MR) is 93.9 cm³/mol. The summed E-state index contributed by atoms with van der Waals surface area (Å²) in [7, 11) is 0. The van der Waals surface area contributed by atoms with E-state index in [1.54, 1.807) is 30.0 Å². The molecule has 3 rings (SSSR count). The van der Waals surface area contributed by atoms with Gasteiger partial charge in [0, 0.05) is 15.3 Å². The Kier molecular flexibility index (Phi) is 4.50. The molecule has 0 atom stereocenters. The van der Waals surface area contributed by atoms with E-state index in [1.165, 1.54) is 23.5 Å². The van der Waals surface area contributed by atoms with Gasteiger partial charge in [-0.1, -0.05) is 24.3 Å². The number of benzene rings is 2. The second-order valence-corrected chi connectivity index (χ2v) is 6.83. The number of carboxylic acids is 1. The Bertz CT molecular complexity index is 836. The topological polar surface area (TPSA) is 37.3 Å². The van der Waals surface area contributed by atoms with Crippen molar-refractivity contribution in [3.05, 3.63) is 65.3 Å². The standard InChI is InChI=1S/C18H13FO2S2/c1-22-14-8-4-11(5-9-14)15-10-16(18(20)21)23-17(15)12-2-6-13(19)7-3-12/h2-10H,1H3,(H,20,21). The van der Waals surface area contributed by atoms with Gasteiger partial charge in [0.15, 0.2) is 0 Å². The first kappa shape index (κ1) is 15.8. The van der Waals surface area contributed by atoms with E-state index in [4.69, 9.17) is 0 Å². The first-order valence-corrected chi connectivity index (χ1v) is 8.90. The number of carboxylic acid groups (broad SMARTS) is 1. The molecule has 5 heteroatoms. The van der Waals surface area contributed by atoms with Crippen molar-refractivity contribution in [3.8, 4) is 21.6 Å². The van der Waals surface area contributed by atoms with E-state index in [2.05, 4.69) is 0 Å². The third-order valence-electron chi connectivity index (χ3n) is 3.45. The molecule has 1 heterocycles. The minimum Gasteiger partial charge on any atom is -0.477 e. The summed E-state index contributed by atoms with van der Waals surface area (Å²) < 4.78 is 13.1. The van der Waals surface area contributed by atoms with Crippen LogP contribution in [0.3, 0.4) is 0 Å². The average Bonchev–Trinajstić information content (AvgIpc) is 3.01. The summed E-state index contributed by atoms with van der Waals surface area (Å²) in [6.07, 6.45) is 2.01. The van der Waals surface area contributed by atoms with Gasteiger partial charge in [-0.25, -0.2) is 9.18 Å². The van der Waals surface area contributed by atoms with Crippen molar-refractivity contribution in [2.24, 2.45) is 0 Å². The summed E-state index contributed by atoms with van der Waals surface area (Å²) in [5, 5.41) is 9.29. The fourth-order valence-electron chi connectivity index (χ4n) is 2.30. The zero-order chi connectivity index (χ0) is 16.4. The number of thiophene rings is 1. The van der Waals surface area contributed by atoms with Crippen LogP contribution in [0.2, 0.25) is 0 Å². The second kappa shape index (κ2) is 6.56. The van der Waals surface area contributed by atoms with Gasteiger partial charge in [0.05, 0.1) is 0 Å². The Morgan fingerprint density at radius 3 is 2.22 bits per heavy atom. The van der Waals surface area contributed by atoms with Gasteiger partial charge in [-0.2, -0.15) is 0 Å². The number of thioether (sulfide) groups is 1. The second-order valence-electron chi connectivity index (χ2n) is 4.89. The summed E-state index contributed by atoms with van der Waals surface area (Å²) >= 11 is 2.86. The lowest BCUT2D eigenvalue weighted by Crippen LogP contribution is -1.89. The third kappa shape index (κ3) is 3.30. The van der Waals surface area contributed by atoms with Gasteiger partial charge in [-0.05, 0) is 47.7 Å². The van der Waals surface area contributed by atoms with Crippen molar-refractivity contribution in [1.82, 2.24) is 0 Å². The monoisotopic (exact) mass is 344 g/mol. The molecule has 0 unspecified atom stereocenters. The molecule has 0 amide bonds. The van der Waals surface area contributed by atoms with Gasteiger partial charge in [0.2, 0.25) is 0 Å². The summed E-state index contributed by atoms with van der Waals surface area (Å²) in [6.45, 7) is 0. The van der Waals surface area contributed by atoms with Gasteiger partial charge in [0.25, 0.3) is 0 Å². The molecule has 3 aromatic rings. The van der Waals surface area contributed by atoms with E-state index in [1.807, 2.05) is 30.5 Å². The minimum absolute atomic E-state index is 0.272. The molecule has 0 radical (unpaired) electrons. The maximum absolute atomic E-state index is 13.1. The third-order valence-corrected chi connectivity index (χ3v) is 5.37. The van der Waals surface area contributed by atoms with Gasteiger partial charge in [-0.3, -0.25) is 0 Å². The molecule has 0 aliphatic rings. The van der Waals surface area contributed by atoms with Crippen molar-refractivity contribution in [2.45, 2.75) is 4.90 Å². The lowest BCUT2D eigenvalue weighted by molar-refractivity contribution is 0.0702. The van der Waals surface area contributed by atoms with Gasteiger partial charge in [0.1, 0.15) is 10.7 Å². The highest BCUT2D eigenvalue weighted by molar-refractivity contribution is 7.98. The molecule has 0 bridgehead atoms. The van der Waals surface area contributed by atoms with Crippen LogP contribution < -0.4 is 0 Å². The molecule has 23 heavy (non-hydrogen) atoms. The summed E-state index contributed by atoms with van der Waals surface area (Å²) in [4.78, 5) is 13.6. The summed E-state index contributed by atoms with van der Waals surface area (Å²) in [6, 6.07) is 15.8. The Hall–Kier alpha value is -2.11. The Morgan fingerprint density at radius 1 is 1.04 bits per heavy atom. The molecular weight excluding hydrogens is 331 g/mol. The van der Waals surface area contributed by atoms with Crippen LogP contribution in [0.5, 0.6) is 0 Å². The molecule has 0 aliphatic carbocycles. The van der Waals surface area contributed by atoms with Crippen LogP contribution in [0.1, 0.15) is 9.67 Å². The van der Waals surface area contributed by atoms with Crippen molar-refractivity contribution in [1.29, 1.82) is 0 Å². The lowest BCUT2D eigenvalue weighted by atomic mass is 10.0. The number of hydrogen-bond donors (Lipinski definition) is 1. The van der Waals surface area contributed by atoms with Gasteiger partial charge in [-0.15, -0.1) is 23.1 Å². The number of rotatable bonds is 4. The van der Waals surface area contributed by atoms with Crippen LogP contribution >= 0.6 is 23.1 Å². The van der Waals surface area contributed by atoms with Crippen LogP contribution in [0.25, 0.3) is 21.6 Å². The molecule has 0 saturated carbocycles. The van der Waals surface area contributed by atoms with E-state index in [-0.39, 0.29) is 10.7 Å². The van der Waals surface area contributed by atoms with Crippen molar-refractivity contribution < 1.29 is 14.3 Å². The molecule has 2 nitrogen and oxygen atoms in total. The minimum atomic E-state index is -0.953. The Labute approximate surface area is 141 Å². The smallest absolute Gasteiger partial charge is 0.345 e. The zero-order valence-electron chi connectivity index (χ0n) is 12.2. The largest absolute Gasteiger partial charge is 0.477 e. The van der Waals surface area contributed by atoms with E-state index in [0.29, 0.717) is 0 Å². The molecule has 0 fully saturated rings. The first-order chi connectivity index (χ1) is 11.1. The molecule has 0 aliphatic heterocycles. The highest BCUT2D eigenvalue weighted by Gasteiger charge is 2.16. The van der Waals surface area contributed by atoms with E-state index < -0.39 is 5.97 Å². The van der Waals surface area contributed by atoms with Crippen molar-refractivity contribution in [2.75, 3.05) is 6.26 Å². The molecule has 116 valence electrons. The molecule has 1 N–H and O–H groups in total. The highest BCUT2D eigenvalue weighted by atomic mass is 32.2. The first-order valence-electron chi connectivity index (χ1n) is 6.86. The lowest BCUT2D eigenvalue weighted by Gasteiger charge is -2.05. The van der Waals surface area contributed by atoms with Crippen LogP contribution in [0.4, 0.5) is 4.39 Å². The SMILES string of the molecule is CSc1ccc(-c2cc(C(=O)O)sc2-c2ccc(F)cc2)cc1. The Balaban J connectivity index is 2.13. The molecule has 2 aromatic carbocycles. The summed E-state index contributed by atoms with van der Waals surface area (Å²) in [5.41, 5.74) is 2.62. The van der Waals surface area contributed by atoms with Crippen LogP contribution in [0.15, 0.2) is 59.5 Å². The maximum atomic E-state index is 13.1. The normalized spacial score (nSPS) is 10.7. The maximum Gasteiger partial charge on any atom is 0.345 e. The quantitative estimate of drug-likeness (QED) is 0.622. The van der Waals surface area contributed by atoms with Crippen LogP contribution in [0, 0.1) is 5.82 Å². The zero-order valence-corrected chi connectivity index (χ0v) is 13.9.